The van der Waals surface area contributed by atoms with Gasteiger partial charge in [0.2, 0.25) is 11.9 Å². The Hall–Kier alpha value is -4.13. The number of rotatable bonds is 7. The zero-order valence-electron chi connectivity index (χ0n) is 19.9. The minimum Gasteiger partial charge on any atom is -0.492 e. The second kappa shape index (κ2) is 9.15. The monoisotopic (exact) mass is 486 g/mol. The van der Waals surface area contributed by atoms with Crippen LogP contribution in [0.2, 0.25) is 0 Å². The van der Waals surface area contributed by atoms with Gasteiger partial charge in [-0.2, -0.15) is 30.1 Å². The van der Waals surface area contributed by atoms with E-state index in [9.17, 15) is 10.5 Å². The molecule has 36 heavy (non-hydrogen) atoms. The Bertz CT molecular complexity index is 1370. The van der Waals surface area contributed by atoms with E-state index >= 15 is 0 Å². The van der Waals surface area contributed by atoms with Gasteiger partial charge in [-0.1, -0.05) is 0 Å². The standard InChI is InChI=1S/C24H26N10O2/c1-35-21-19(8-15(10-25)9-20(21)33-6-4-32(5-7-33)18-13-36-14-18)29-23-30-22-16(11-26)12-27-34(22)24(31-23)28-17-2-3-17/h8-9,12,17-18H,2-7,13-14H2,1H3,(H2,28,29,30,31). The minimum absolute atomic E-state index is 0.289. The number of piperazine rings is 1. The number of methoxy groups -OCH3 is 1. The lowest BCUT2D eigenvalue weighted by Gasteiger charge is -2.43. The number of fused-ring (bicyclic) bond motifs is 1. The second-order valence-electron chi connectivity index (χ2n) is 9.22. The van der Waals surface area contributed by atoms with E-state index in [1.807, 2.05) is 6.07 Å². The molecule has 1 aromatic carbocycles. The van der Waals surface area contributed by atoms with Gasteiger partial charge in [0, 0.05) is 32.2 Å². The minimum atomic E-state index is 0.289. The summed E-state index contributed by atoms with van der Waals surface area (Å²) >= 11 is 0. The number of anilines is 4. The van der Waals surface area contributed by atoms with Gasteiger partial charge in [0.05, 0.1) is 55.6 Å². The molecule has 12 nitrogen and oxygen atoms in total. The molecule has 3 aliphatic rings. The third-order valence-electron chi connectivity index (χ3n) is 6.84. The van der Waals surface area contributed by atoms with Crippen molar-refractivity contribution in [2.45, 2.75) is 24.9 Å². The van der Waals surface area contributed by atoms with Gasteiger partial charge in [0.15, 0.2) is 11.4 Å². The van der Waals surface area contributed by atoms with E-state index in [-0.39, 0.29) is 5.95 Å². The van der Waals surface area contributed by atoms with Crippen LogP contribution in [-0.4, -0.2) is 83.1 Å². The number of hydrogen-bond donors (Lipinski definition) is 2. The molecule has 0 radical (unpaired) electrons. The van der Waals surface area contributed by atoms with Crippen molar-refractivity contribution in [3.63, 3.8) is 0 Å². The van der Waals surface area contributed by atoms with Gasteiger partial charge in [-0.3, -0.25) is 4.90 Å². The Kier molecular flexibility index (Phi) is 5.68. The zero-order valence-corrected chi connectivity index (χ0v) is 19.9. The summed E-state index contributed by atoms with van der Waals surface area (Å²) in [6, 6.07) is 8.82. The number of nitrogens with one attached hydrogen (secondary N) is 2. The van der Waals surface area contributed by atoms with Gasteiger partial charge in [-0.25, -0.2) is 0 Å². The van der Waals surface area contributed by atoms with Crippen molar-refractivity contribution in [3.8, 4) is 17.9 Å². The van der Waals surface area contributed by atoms with E-state index in [1.54, 1.807) is 17.7 Å². The van der Waals surface area contributed by atoms with E-state index in [4.69, 9.17) is 9.47 Å². The summed E-state index contributed by atoms with van der Waals surface area (Å²) in [5.41, 5.74) is 2.70. The topological polar surface area (TPSA) is 140 Å². The van der Waals surface area contributed by atoms with Gasteiger partial charge in [0.25, 0.3) is 0 Å². The van der Waals surface area contributed by atoms with Crippen molar-refractivity contribution in [3.05, 3.63) is 29.5 Å². The molecule has 0 amide bonds. The molecular weight excluding hydrogens is 460 g/mol. The zero-order chi connectivity index (χ0) is 24.6. The first-order valence-electron chi connectivity index (χ1n) is 12.0. The first kappa shape index (κ1) is 22.3. The first-order valence-corrected chi connectivity index (χ1v) is 12.0. The average molecular weight is 487 g/mol. The van der Waals surface area contributed by atoms with Crippen LogP contribution in [0.25, 0.3) is 5.65 Å². The summed E-state index contributed by atoms with van der Waals surface area (Å²) in [7, 11) is 1.62. The van der Waals surface area contributed by atoms with Crippen molar-refractivity contribution in [2.75, 3.05) is 62.0 Å². The van der Waals surface area contributed by atoms with Crippen molar-refractivity contribution < 1.29 is 9.47 Å². The van der Waals surface area contributed by atoms with Gasteiger partial charge >= 0.3 is 0 Å². The molecule has 0 bridgehead atoms. The Morgan fingerprint density at radius 2 is 1.89 bits per heavy atom. The van der Waals surface area contributed by atoms with Gasteiger partial charge < -0.3 is 25.0 Å². The van der Waals surface area contributed by atoms with Crippen LogP contribution < -0.4 is 20.3 Å². The first-order chi connectivity index (χ1) is 17.7. The van der Waals surface area contributed by atoms with E-state index in [2.05, 4.69) is 47.6 Å². The summed E-state index contributed by atoms with van der Waals surface area (Å²) in [6.07, 6.45) is 3.60. The predicted octanol–water partition coefficient (Wildman–Crippen LogP) is 1.71. The van der Waals surface area contributed by atoms with Gasteiger partial charge in [-0.15, -0.1) is 0 Å². The van der Waals surface area contributed by atoms with E-state index < -0.39 is 0 Å². The molecular formula is C24H26N10O2. The summed E-state index contributed by atoms with van der Waals surface area (Å²) in [4.78, 5) is 13.9. The molecule has 0 spiro atoms. The fraction of sp³-hybridized carbons (Fsp3) is 0.458. The fourth-order valence-electron chi connectivity index (χ4n) is 4.62. The van der Waals surface area contributed by atoms with Gasteiger partial charge in [0.1, 0.15) is 11.6 Å². The highest BCUT2D eigenvalue weighted by atomic mass is 16.5. The van der Waals surface area contributed by atoms with Crippen LogP contribution in [0.4, 0.5) is 23.3 Å². The van der Waals surface area contributed by atoms with Crippen molar-refractivity contribution >= 4 is 28.9 Å². The highest BCUT2D eigenvalue weighted by Crippen LogP contribution is 2.39. The quantitative estimate of drug-likeness (QED) is 0.504. The number of ether oxygens (including phenoxy) is 2. The molecule has 184 valence electrons. The summed E-state index contributed by atoms with van der Waals surface area (Å²) < 4.78 is 12.7. The van der Waals surface area contributed by atoms with Crippen LogP contribution in [0, 0.1) is 22.7 Å². The number of hydrogen-bond acceptors (Lipinski definition) is 11. The largest absolute Gasteiger partial charge is 0.492 e. The van der Waals surface area contributed by atoms with Crippen LogP contribution in [0.3, 0.4) is 0 Å². The van der Waals surface area contributed by atoms with Gasteiger partial charge in [-0.05, 0) is 25.0 Å². The second-order valence-corrected chi connectivity index (χ2v) is 9.22. The maximum Gasteiger partial charge on any atom is 0.232 e. The summed E-state index contributed by atoms with van der Waals surface area (Å²) in [6.45, 7) is 5.08. The highest BCUT2D eigenvalue weighted by molar-refractivity contribution is 5.78. The lowest BCUT2D eigenvalue weighted by atomic mass is 10.1. The molecule has 1 aliphatic carbocycles. The van der Waals surface area contributed by atoms with Crippen LogP contribution >= 0.6 is 0 Å². The third kappa shape index (κ3) is 4.11. The lowest BCUT2D eigenvalue weighted by molar-refractivity contribution is -0.0660. The van der Waals surface area contributed by atoms with Crippen molar-refractivity contribution in [2.24, 2.45) is 0 Å². The molecule has 2 saturated heterocycles. The molecule has 3 fully saturated rings. The average Bonchev–Trinajstić information content (AvgIpc) is 3.59. The third-order valence-corrected chi connectivity index (χ3v) is 6.84. The normalized spacial score (nSPS) is 18.4. The molecule has 2 aromatic heterocycles. The summed E-state index contributed by atoms with van der Waals surface area (Å²) in [5, 5.41) is 30.1. The number of nitriles is 2. The van der Waals surface area contributed by atoms with E-state index in [0.29, 0.717) is 46.2 Å². The molecule has 2 aliphatic heterocycles. The Morgan fingerprint density at radius 1 is 1.08 bits per heavy atom. The molecule has 4 heterocycles. The molecule has 0 atom stereocenters. The molecule has 12 heteroatoms. The lowest BCUT2D eigenvalue weighted by Crippen LogP contribution is -2.56. The summed E-state index contributed by atoms with van der Waals surface area (Å²) in [5.74, 6) is 1.42. The Morgan fingerprint density at radius 3 is 2.53 bits per heavy atom. The van der Waals surface area contributed by atoms with Crippen LogP contribution in [0.1, 0.15) is 24.0 Å². The number of aromatic nitrogens is 4. The Balaban J connectivity index is 1.34. The van der Waals surface area contributed by atoms with E-state index in [1.165, 1.54) is 6.20 Å². The maximum absolute atomic E-state index is 9.75. The molecule has 1 saturated carbocycles. The molecule has 2 N–H and O–H groups in total. The Labute approximate surface area is 208 Å². The SMILES string of the molecule is COc1c(Nc2nc(NC3CC3)n3ncc(C#N)c3n2)cc(C#N)cc1N1CCN(C2COC2)CC1. The molecule has 6 rings (SSSR count). The van der Waals surface area contributed by atoms with Crippen LogP contribution in [0.15, 0.2) is 18.3 Å². The van der Waals surface area contributed by atoms with E-state index in [0.717, 1.165) is 57.9 Å². The molecule has 3 aromatic rings. The predicted molar refractivity (Wildman–Crippen MR) is 132 cm³/mol. The maximum atomic E-state index is 9.75. The van der Waals surface area contributed by atoms with Crippen LogP contribution in [-0.2, 0) is 4.74 Å². The molecule has 0 unspecified atom stereocenters. The smallest absolute Gasteiger partial charge is 0.232 e. The fourth-order valence-corrected chi connectivity index (χ4v) is 4.62. The number of nitrogens with zero attached hydrogens (tertiary/aromatic N) is 8. The highest BCUT2D eigenvalue weighted by Gasteiger charge is 2.30. The van der Waals surface area contributed by atoms with Crippen molar-refractivity contribution in [1.82, 2.24) is 24.5 Å². The van der Waals surface area contributed by atoms with Crippen molar-refractivity contribution in [1.29, 1.82) is 10.5 Å². The van der Waals surface area contributed by atoms with Crippen LogP contribution in [0.5, 0.6) is 5.75 Å². The number of benzene rings is 1.